The van der Waals surface area contributed by atoms with Gasteiger partial charge in [-0.2, -0.15) is 4.98 Å². The molecule has 3 aromatic rings. The molecule has 29 heavy (non-hydrogen) atoms. The van der Waals surface area contributed by atoms with Gasteiger partial charge in [0.05, 0.1) is 6.54 Å². The van der Waals surface area contributed by atoms with E-state index in [2.05, 4.69) is 10.1 Å². The van der Waals surface area contributed by atoms with Gasteiger partial charge in [-0.3, -0.25) is 4.79 Å². The number of amides is 1. The molecule has 0 bridgehead atoms. The molecule has 0 saturated heterocycles. The van der Waals surface area contributed by atoms with Crippen molar-refractivity contribution in [3.05, 3.63) is 77.2 Å². The van der Waals surface area contributed by atoms with Crippen LogP contribution >= 0.6 is 0 Å². The lowest BCUT2D eigenvalue weighted by Gasteiger charge is -2.15. The van der Waals surface area contributed by atoms with E-state index in [0.717, 1.165) is 5.56 Å². The molecule has 1 atom stereocenters. The van der Waals surface area contributed by atoms with Crippen molar-refractivity contribution in [1.29, 1.82) is 0 Å². The topological polar surface area (TPSA) is 77.7 Å². The highest BCUT2D eigenvalue weighted by Gasteiger charge is 2.18. The molecule has 152 valence electrons. The molecule has 1 heterocycles. The van der Waals surface area contributed by atoms with Gasteiger partial charge in [-0.1, -0.05) is 23.4 Å². The minimum Gasteiger partial charge on any atom is -0.489 e. The van der Waals surface area contributed by atoms with Crippen molar-refractivity contribution in [1.82, 2.24) is 15.0 Å². The third-order valence-corrected chi connectivity index (χ3v) is 4.32. The van der Waals surface area contributed by atoms with Crippen LogP contribution in [-0.2, 0) is 17.9 Å². The van der Waals surface area contributed by atoms with Gasteiger partial charge in [0.25, 0.3) is 5.91 Å². The van der Waals surface area contributed by atoms with Gasteiger partial charge in [-0.05, 0) is 42.8 Å². The fourth-order valence-electron chi connectivity index (χ4n) is 2.56. The first-order valence-electron chi connectivity index (χ1n) is 9.04. The highest BCUT2D eigenvalue weighted by molar-refractivity contribution is 5.94. The van der Waals surface area contributed by atoms with Crippen LogP contribution in [0.3, 0.4) is 0 Å². The second-order valence-corrected chi connectivity index (χ2v) is 6.53. The predicted octanol–water partition coefficient (Wildman–Crippen LogP) is 3.77. The van der Waals surface area contributed by atoms with Gasteiger partial charge in [0.15, 0.2) is 5.82 Å². The van der Waals surface area contributed by atoms with E-state index in [1.165, 1.54) is 17.0 Å². The normalized spacial score (nSPS) is 11.9. The van der Waals surface area contributed by atoms with E-state index < -0.39 is 0 Å². The monoisotopic (exact) mass is 399 g/mol. The molecule has 0 radical (unpaired) electrons. The Labute approximate surface area is 168 Å². The first kappa shape index (κ1) is 20.5. The van der Waals surface area contributed by atoms with E-state index >= 15 is 0 Å². The number of rotatable bonds is 8. The summed E-state index contributed by atoms with van der Waals surface area (Å²) in [5.41, 5.74) is 1.30. The highest BCUT2D eigenvalue weighted by atomic mass is 19.1. The number of hydrogen-bond acceptors (Lipinski definition) is 6. The molecule has 0 saturated carbocycles. The van der Waals surface area contributed by atoms with Gasteiger partial charge in [-0.15, -0.1) is 0 Å². The summed E-state index contributed by atoms with van der Waals surface area (Å²) in [6, 6.07) is 12.9. The number of ether oxygens (including phenoxy) is 2. The van der Waals surface area contributed by atoms with Crippen LogP contribution in [0.2, 0.25) is 0 Å². The van der Waals surface area contributed by atoms with Crippen molar-refractivity contribution in [2.45, 2.75) is 26.2 Å². The van der Waals surface area contributed by atoms with Gasteiger partial charge in [0.1, 0.15) is 24.3 Å². The smallest absolute Gasteiger partial charge is 0.254 e. The third-order valence-electron chi connectivity index (χ3n) is 4.32. The second-order valence-electron chi connectivity index (χ2n) is 6.53. The molecule has 2 aromatic carbocycles. The lowest BCUT2D eigenvalue weighted by atomic mass is 10.2. The summed E-state index contributed by atoms with van der Waals surface area (Å²) >= 11 is 0. The van der Waals surface area contributed by atoms with Crippen LogP contribution in [0.1, 0.15) is 40.7 Å². The molecule has 8 heteroatoms. The quantitative estimate of drug-likeness (QED) is 0.574. The summed E-state index contributed by atoms with van der Waals surface area (Å²) in [6.45, 7) is 2.25. The van der Waals surface area contributed by atoms with Crippen LogP contribution in [0.25, 0.3) is 0 Å². The van der Waals surface area contributed by atoms with E-state index in [0.29, 0.717) is 23.0 Å². The number of nitrogens with zero attached hydrogens (tertiary/aromatic N) is 3. The average molecular weight is 399 g/mol. The van der Waals surface area contributed by atoms with Gasteiger partial charge < -0.3 is 18.9 Å². The van der Waals surface area contributed by atoms with Crippen LogP contribution in [0.15, 0.2) is 53.1 Å². The molecule has 1 aromatic heterocycles. The van der Waals surface area contributed by atoms with Crippen LogP contribution in [0.5, 0.6) is 5.75 Å². The largest absolute Gasteiger partial charge is 0.489 e. The fraction of sp³-hybridized carbons (Fsp3) is 0.286. The number of carbonyl (C=O) groups is 1. The Morgan fingerprint density at radius 2 is 2.00 bits per heavy atom. The fourth-order valence-corrected chi connectivity index (χ4v) is 2.56. The molecule has 0 fully saturated rings. The van der Waals surface area contributed by atoms with Gasteiger partial charge in [0.2, 0.25) is 5.89 Å². The standard InChI is InChI=1S/C21H22FN3O4/c1-14(27-3)20-23-19(29-24-20)12-25(2)21(26)16-5-4-6-18(11-16)28-13-15-7-9-17(22)10-8-15/h4-11,14H,12-13H2,1-3H3/t14-/m0/s1. The zero-order valence-corrected chi connectivity index (χ0v) is 16.5. The maximum atomic E-state index is 13.0. The maximum Gasteiger partial charge on any atom is 0.254 e. The number of carbonyl (C=O) groups excluding carboxylic acids is 1. The Balaban J connectivity index is 1.62. The van der Waals surface area contributed by atoms with Crippen molar-refractivity contribution in [3.8, 4) is 5.75 Å². The van der Waals surface area contributed by atoms with Gasteiger partial charge >= 0.3 is 0 Å². The number of benzene rings is 2. The molecule has 3 rings (SSSR count). The summed E-state index contributed by atoms with van der Waals surface area (Å²) < 4.78 is 29.0. The minimum atomic E-state index is -0.297. The Morgan fingerprint density at radius 3 is 2.72 bits per heavy atom. The molecule has 0 aliphatic carbocycles. The van der Waals surface area contributed by atoms with Crippen LogP contribution < -0.4 is 4.74 Å². The van der Waals surface area contributed by atoms with Crippen molar-refractivity contribution in [3.63, 3.8) is 0 Å². The maximum absolute atomic E-state index is 13.0. The summed E-state index contributed by atoms with van der Waals surface area (Å²) in [6.07, 6.45) is -0.288. The molecule has 7 nitrogen and oxygen atoms in total. The molecule has 0 N–H and O–H groups in total. The zero-order chi connectivity index (χ0) is 20.8. The Bertz CT molecular complexity index is 959. The number of aromatic nitrogens is 2. The lowest BCUT2D eigenvalue weighted by Crippen LogP contribution is -2.26. The summed E-state index contributed by atoms with van der Waals surface area (Å²) in [5.74, 6) is 0.789. The molecular weight excluding hydrogens is 377 g/mol. The first-order valence-corrected chi connectivity index (χ1v) is 9.04. The number of halogens is 1. The highest BCUT2D eigenvalue weighted by Crippen LogP contribution is 2.18. The predicted molar refractivity (Wildman–Crippen MR) is 103 cm³/mol. The average Bonchev–Trinajstić information content (AvgIpc) is 3.21. The molecule has 0 aliphatic rings. The summed E-state index contributed by atoms with van der Waals surface area (Å²) in [7, 11) is 3.21. The van der Waals surface area contributed by atoms with Crippen molar-refractivity contribution in [2.75, 3.05) is 14.2 Å². The Kier molecular flexibility index (Phi) is 6.56. The van der Waals surface area contributed by atoms with E-state index in [1.54, 1.807) is 57.5 Å². The van der Waals surface area contributed by atoms with Crippen LogP contribution in [-0.4, -0.2) is 35.1 Å². The second kappa shape index (κ2) is 9.29. The van der Waals surface area contributed by atoms with Crippen molar-refractivity contribution < 1.29 is 23.2 Å². The molecule has 1 amide bonds. The Hall–Kier alpha value is -3.26. The number of methoxy groups -OCH3 is 1. The third kappa shape index (κ3) is 5.39. The zero-order valence-electron chi connectivity index (χ0n) is 16.5. The summed E-state index contributed by atoms with van der Waals surface area (Å²) in [5, 5.41) is 3.85. The van der Waals surface area contributed by atoms with E-state index in [9.17, 15) is 9.18 Å². The van der Waals surface area contributed by atoms with E-state index in [4.69, 9.17) is 14.0 Å². The van der Waals surface area contributed by atoms with E-state index in [1.807, 2.05) is 0 Å². The van der Waals surface area contributed by atoms with Crippen LogP contribution in [0.4, 0.5) is 4.39 Å². The SMILES string of the molecule is CO[C@@H](C)c1noc(CN(C)C(=O)c2cccc(OCc3ccc(F)cc3)c2)n1. The van der Waals surface area contributed by atoms with Crippen LogP contribution in [0, 0.1) is 5.82 Å². The molecule has 0 aliphatic heterocycles. The Morgan fingerprint density at radius 1 is 1.24 bits per heavy atom. The van der Waals surface area contributed by atoms with Crippen molar-refractivity contribution in [2.24, 2.45) is 0 Å². The molecular formula is C21H22FN3O4. The molecule has 0 unspecified atom stereocenters. The minimum absolute atomic E-state index is 0.170. The number of hydrogen-bond donors (Lipinski definition) is 0. The summed E-state index contributed by atoms with van der Waals surface area (Å²) in [4.78, 5) is 18.4. The van der Waals surface area contributed by atoms with Gasteiger partial charge in [-0.25, -0.2) is 4.39 Å². The first-order chi connectivity index (χ1) is 14.0. The van der Waals surface area contributed by atoms with Gasteiger partial charge in [0, 0.05) is 19.7 Å². The van der Waals surface area contributed by atoms with Crippen molar-refractivity contribution >= 4 is 5.91 Å². The molecule has 0 spiro atoms. The lowest BCUT2D eigenvalue weighted by molar-refractivity contribution is 0.0769. The van der Waals surface area contributed by atoms with E-state index in [-0.39, 0.29) is 31.0 Å².